The second-order valence-electron chi connectivity index (χ2n) is 4.76. The van der Waals surface area contributed by atoms with Gasteiger partial charge < -0.3 is 5.11 Å². The lowest BCUT2D eigenvalue weighted by Crippen LogP contribution is -2.02. The van der Waals surface area contributed by atoms with Gasteiger partial charge in [-0.05, 0) is 18.6 Å². The summed E-state index contributed by atoms with van der Waals surface area (Å²) in [5, 5.41) is 18.6. The normalized spacial score (nSPS) is 12.5. The molecule has 0 fully saturated rings. The van der Waals surface area contributed by atoms with Gasteiger partial charge in [0.15, 0.2) is 0 Å². The van der Waals surface area contributed by atoms with E-state index in [0.717, 1.165) is 18.5 Å². The van der Waals surface area contributed by atoms with Gasteiger partial charge in [0.1, 0.15) is 5.69 Å². The maximum absolute atomic E-state index is 10.1. The molecule has 0 amide bonds. The molecule has 0 aliphatic heterocycles. The second kappa shape index (κ2) is 7.04. The molecule has 1 aromatic carbocycles. The fourth-order valence-corrected chi connectivity index (χ4v) is 2.03. The standard InChI is InChI=1S/C15H21N3O/c1-2-3-4-8-11-15(19)14-12-16-18(17-14)13-9-6-5-7-10-13/h5-7,9-10,12,15,19H,2-4,8,11H2,1H3. The number of hydrogen-bond acceptors (Lipinski definition) is 3. The summed E-state index contributed by atoms with van der Waals surface area (Å²) in [6.07, 6.45) is 6.54. The Morgan fingerprint density at radius 3 is 2.68 bits per heavy atom. The van der Waals surface area contributed by atoms with Crippen LogP contribution in [0.4, 0.5) is 0 Å². The van der Waals surface area contributed by atoms with Crippen molar-refractivity contribution in [3.63, 3.8) is 0 Å². The minimum atomic E-state index is -0.505. The molecule has 4 nitrogen and oxygen atoms in total. The van der Waals surface area contributed by atoms with E-state index in [0.29, 0.717) is 5.69 Å². The number of aromatic nitrogens is 3. The highest BCUT2D eigenvalue weighted by Gasteiger charge is 2.12. The SMILES string of the molecule is CCCCCCC(O)c1cnn(-c2ccccc2)n1. The average Bonchev–Trinajstić information content (AvgIpc) is 2.94. The van der Waals surface area contributed by atoms with Gasteiger partial charge >= 0.3 is 0 Å². The monoisotopic (exact) mass is 259 g/mol. The number of hydrogen-bond donors (Lipinski definition) is 1. The van der Waals surface area contributed by atoms with Crippen LogP contribution in [0.5, 0.6) is 0 Å². The molecule has 0 spiro atoms. The van der Waals surface area contributed by atoms with Gasteiger partial charge in [-0.2, -0.15) is 15.0 Å². The lowest BCUT2D eigenvalue weighted by atomic mass is 10.1. The maximum Gasteiger partial charge on any atom is 0.112 e. The van der Waals surface area contributed by atoms with Gasteiger partial charge in [-0.3, -0.25) is 0 Å². The molecule has 1 unspecified atom stereocenters. The van der Waals surface area contributed by atoms with Crippen LogP contribution in [0.25, 0.3) is 5.69 Å². The highest BCUT2D eigenvalue weighted by atomic mass is 16.3. The topological polar surface area (TPSA) is 50.9 Å². The van der Waals surface area contributed by atoms with Crippen LogP contribution in [-0.2, 0) is 0 Å². The van der Waals surface area contributed by atoms with E-state index in [9.17, 15) is 5.11 Å². The van der Waals surface area contributed by atoms with Gasteiger partial charge in [-0.25, -0.2) is 0 Å². The van der Waals surface area contributed by atoms with Crippen molar-refractivity contribution in [2.45, 2.75) is 45.1 Å². The Balaban J connectivity index is 1.93. The molecule has 0 saturated carbocycles. The smallest absolute Gasteiger partial charge is 0.112 e. The summed E-state index contributed by atoms with van der Waals surface area (Å²) in [5.41, 5.74) is 1.56. The van der Waals surface area contributed by atoms with Crippen molar-refractivity contribution in [2.75, 3.05) is 0 Å². The highest BCUT2D eigenvalue weighted by Crippen LogP contribution is 2.18. The summed E-state index contributed by atoms with van der Waals surface area (Å²) >= 11 is 0. The van der Waals surface area contributed by atoms with Gasteiger partial charge in [-0.1, -0.05) is 50.8 Å². The van der Waals surface area contributed by atoms with Crippen LogP contribution in [0.1, 0.15) is 50.8 Å². The molecule has 102 valence electrons. The van der Waals surface area contributed by atoms with Gasteiger partial charge in [0.25, 0.3) is 0 Å². The molecule has 0 saturated heterocycles. The Labute approximate surface area is 114 Å². The van der Waals surface area contributed by atoms with Gasteiger partial charge in [-0.15, -0.1) is 0 Å². The van der Waals surface area contributed by atoms with Crippen molar-refractivity contribution < 1.29 is 5.11 Å². The third kappa shape index (κ3) is 3.89. The van der Waals surface area contributed by atoms with Crippen LogP contribution < -0.4 is 0 Å². The van der Waals surface area contributed by atoms with E-state index < -0.39 is 6.10 Å². The van der Waals surface area contributed by atoms with Gasteiger partial charge in [0, 0.05) is 0 Å². The van der Waals surface area contributed by atoms with Crippen LogP contribution in [0.15, 0.2) is 36.5 Å². The molecule has 0 bridgehead atoms. The number of para-hydroxylation sites is 1. The Hall–Kier alpha value is -1.68. The van der Waals surface area contributed by atoms with Crippen molar-refractivity contribution in [1.29, 1.82) is 0 Å². The van der Waals surface area contributed by atoms with Crippen LogP contribution in [0.2, 0.25) is 0 Å². The fourth-order valence-electron chi connectivity index (χ4n) is 2.03. The molecule has 0 radical (unpaired) electrons. The van der Waals surface area contributed by atoms with E-state index in [1.165, 1.54) is 19.3 Å². The molecule has 0 aliphatic carbocycles. The summed E-state index contributed by atoms with van der Waals surface area (Å²) in [6.45, 7) is 2.18. The van der Waals surface area contributed by atoms with E-state index in [1.807, 2.05) is 30.3 Å². The number of benzene rings is 1. The van der Waals surface area contributed by atoms with E-state index >= 15 is 0 Å². The minimum Gasteiger partial charge on any atom is -0.387 e. The van der Waals surface area contributed by atoms with Crippen molar-refractivity contribution in [1.82, 2.24) is 15.0 Å². The third-order valence-corrected chi connectivity index (χ3v) is 3.17. The molecular weight excluding hydrogens is 238 g/mol. The summed E-state index contributed by atoms with van der Waals surface area (Å²) in [4.78, 5) is 1.56. The van der Waals surface area contributed by atoms with Crippen LogP contribution in [-0.4, -0.2) is 20.1 Å². The molecule has 1 N–H and O–H groups in total. The number of aliphatic hydroxyl groups excluding tert-OH is 1. The number of unbranched alkanes of at least 4 members (excludes halogenated alkanes) is 3. The molecule has 1 aromatic heterocycles. The lowest BCUT2D eigenvalue weighted by molar-refractivity contribution is 0.158. The van der Waals surface area contributed by atoms with Gasteiger partial charge in [0.05, 0.1) is 18.0 Å². The fraction of sp³-hybridized carbons (Fsp3) is 0.467. The van der Waals surface area contributed by atoms with E-state index in [-0.39, 0.29) is 0 Å². The molecular formula is C15H21N3O. The summed E-state index contributed by atoms with van der Waals surface area (Å²) < 4.78 is 0. The predicted octanol–water partition coefficient (Wildman–Crippen LogP) is 3.27. The van der Waals surface area contributed by atoms with Crippen molar-refractivity contribution in [2.24, 2.45) is 0 Å². The summed E-state index contributed by atoms with van der Waals surface area (Å²) in [7, 11) is 0. The lowest BCUT2D eigenvalue weighted by Gasteiger charge is -2.06. The Bertz CT molecular complexity index is 481. The largest absolute Gasteiger partial charge is 0.387 e. The van der Waals surface area contributed by atoms with Crippen molar-refractivity contribution >= 4 is 0 Å². The number of rotatable bonds is 7. The predicted molar refractivity (Wildman–Crippen MR) is 75.1 cm³/mol. The first-order valence-corrected chi connectivity index (χ1v) is 6.97. The first-order valence-electron chi connectivity index (χ1n) is 6.97. The zero-order chi connectivity index (χ0) is 13.5. The molecule has 19 heavy (non-hydrogen) atoms. The zero-order valence-electron chi connectivity index (χ0n) is 11.4. The number of nitrogens with zero attached hydrogens (tertiary/aromatic N) is 3. The van der Waals surface area contributed by atoms with E-state index in [4.69, 9.17) is 0 Å². The van der Waals surface area contributed by atoms with Crippen LogP contribution >= 0.6 is 0 Å². The minimum absolute atomic E-state index is 0.505. The quantitative estimate of drug-likeness (QED) is 0.776. The Morgan fingerprint density at radius 1 is 1.16 bits per heavy atom. The number of aliphatic hydroxyl groups is 1. The molecule has 1 heterocycles. The molecule has 0 aliphatic rings. The molecule has 2 rings (SSSR count). The van der Waals surface area contributed by atoms with E-state index in [2.05, 4.69) is 17.1 Å². The summed E-state index contributed by atoms with van der Waals surface area (Å²) in [6, 6.07) is 9.73. The molecule has 4 heteroatoms. The van der Waals surface area contributed by atoms with Crippen molar-refractivity contribution in [3.05, 3.63) is 42.2 Å². The second-order valence-corrected chi connectivity index (χ2v) is 4.76. The summed E-state index contributed by atoms with van der Waals surface area (Å²) in [5.74, 6) is 0. The molecule has 1 atom stereocenters. The molecule has 2 aromatic rings. The van der Waals surface area contributed by atoms with E-state index in [1.54, 1.807) is 11.0 Å². The first-order chi connectivity index (χ1) is 9.31. The third-order valence-electron chi connectivity index (χ3n) is 3.17. The highest BCUT2D eigenvalue weighted by molar-refractivity contribution is 5.28. The van der Waals surface area contributed by atoms with Crippen LogP contribution in [0.3, 0.4) is 0 Å². The van der Waals surface area contributed by atoms with Gasteiger partial charge in [0.2, 0.25) is 0 Å². The Morgan fingerprint density at radius 2 is 1.95 bits per heavy atom. The zero-order valence-corrected chi connectivity index (χ0v) is 11.4. The van der Waals surface area contributed by atoms with Crippen molar-refractivity contribution in [3.8, 4) is 5.69 Å². The Kier molecular flexibility index (Phi) is 5.10. The van der Waals surface area contributed by atoms with Crippen LogP contribution in [0, 0.1) is 0 Å². The first kappa shape index (κ1) is 13.7. The average molecular weight is 259 g/mol. The maximum atomic E-state index is 10.1.